The lowest BCUT2D eigenvalue weighted by Crippen LogP contribution is -2.19. The Morgan fingerprint density at radius 1 is 1.09 bits per heavy atom. The summed E-state index contributed by atoms with van der Waals surface area (Å²) < 4.78 is 66.4. The third-order valence-electron chi connectivity index (χ3n) is 2.91. The van der Waals surface area contributed by atoms with E-state index < -0.39 is 26.7 Å². The van der Waals surface area contributed by atoms with Crippen molar-refractivity contribution in [2.45, 2.75) is 18.0 Å². The zero-order valence-electron chi connectivity index (χ0n) is 11.3. The van der Waals surface area contributed by atoms with E-state index in [1.54, 1.807) is 19.1 Å². The summed E-state index contributed by atoms with van der Waals surface area (Å²) in [5, 5.41) is 0. The first kappa shape index (κ1) is 16.8. The Hall–Kier alpha value is -1.54. The number of anilines is 1. The zero-order chi connectivity index (χ0) is 16.5. The standard InChI is InChI=1S/C14H11BrF3NO2S/c1-9-8-10(15)6-7-12(9)19-22(20,21)13-5-3-2-4-11(13)14(16,17)18/h2-8,19H,1H3. The van der Waals surface area contributed by atoms with Crippen molar-refractivity contribution in [2.24, 2.45) is 0 Å². The summed E-state index contributed by atoms with van der Waals surface area (Å²) in [5.41, 5.74) is -0.389. The van der Waals surface area contributed by atoms with Gasteiger partial charge < -0.3 is 0 Å². The highest BCUT2D eigenvalue weighted by Crippen LogP contribution is 2.35. The number of sulfonamides is 1. The minimum atomic E-state index is -4.75. The average molecular weight is 394 g/mol. The second-order valence-electron chi connectivity index (χ2n) is 4.56. The molecule has 2 aromatic rings. The number of benzene rings is 2. The molecule has 2 aromatic carbocycles. The SMILES string of the molecule is Cc1cc(Br)ccc1NS(=O)(=O)c1ccccc1C(F)(F)F. The largest absolute Gasteiger partial charge is 0.417 e. The maximum Gasteiger partial charge on any atom is 0.417 e. The molecule has 3 nitrogen and oxygen atoms in total. The molecule has 0 saturated carbocycles. The molecule has 22 heavy (non-hydrogen) atoms. The molecule has 118 valence electrons. The van der Waals surface area contributed by atoms with Crippen LogP contribution < -0.4 is 4.72 Å². The minimum Gasteiger partial charge on any atom is -0.279 e. The second-order valence-corrected chi connectivity index (χ2v) is 7.13. The number of hydrogen-bond acceptors (Lipinski definition) is 2. The Bertz CT molecular complexity index is 804. The Kier molecular flexibility index (Phi) is 4.53. The molecule has 0 aliphatic rings. The smallest absolute Gasteiger partial charge is 0.279 e. The Balaban J connectivity index is 2.48. The lowest BCUT2D eigenvalue weighted by atomic mass is 10.2. The molecule has 0 amide bonds. The van der Waals surface area contributed by atoms with Crippen LogP contribution in [0.4, 0.5) is 18.9 Å². The molecule has 0 saturated heterocycles. The van der Waals surface area contributed by atoms with Gasteiger partial charge >= 0.3 is 6.18 Å². The van der Waals surface area contributed by atoms with Crippen LogP contribution in [0.5, 0.6) is 0 Å². The minimum absolute atomic E-state index is 0.222. The van der Waals surface area contributed by atoms with Gasteiger partial charge in [0, 0.05) is 4.47 Å². The van der Waals surface area contributed by atoms with Crippen molar-refractivity contribution < 1.29 is 21.6 Å². The van der Waals surface area contributed by atoms with Crippen LogP contribution in [0.15, 0.2) is 51.8 Å². The van der Waals surface area contributed by atoms with Crippen LogP contribution in [0.25, 0.3) is 0 Å². The van der Waals surface area contributed by atoms with E-state index in [0.29, 0.717) is 5.56 Å². The fourth-order valence-electron chi connectivity index (χ4n) is 1.88. The Morgan fingerprint density at radius 2 is 1.73 bits per heavy atom. The van der Waals surface area contributed by atoms with Crippen LogP contribution in [-0.4, -0.2) is 8.42 Å². The molecule has 0 aromatic heterocycles. The van der Waals surface area contributed by atoms with Crippen molar-refractivity contribution in [2.75, 3.05) is 4.72 Å². The normalized spacial score (nSPS) is 12.2. The number of halogens is 4. The first-order valence-corrected chi connectivity index (χ1v) is 8.34. The van der Waals surface area contributed by atoms with Gasteiger partial charge in [-0.05, 0) is 42.8 Å². The molecule has 8 heteroatoms. The van der Waals surface area contributed by atoms with Gasteiger partial charge in [-0.15, -0.1) is 0 Å². The van der Waals surface area contributed by atoms with Crippen molar-refractivity contribution in [3.05, 3.63) is 58.1 Å². The summed E-state index contributed by atoms with van der Waals surface area (Å²) in [6.45, 7) is 1.65. The number of nitrogens with one attached hydrogen (secondary N) is 1. The zero-order valence-corrected chi connectivity index (χ0v) is 13.7. The molecular formula is C14H11BrF3NO2S. The fraction of sp³-hybridized carbons (Fsp3) is 0.143. The van der Waals surface area contributed by atoms with E-state index in [9.17, 15) is 21.6 Å². The summed E-state index contributed by atoms with van der Waals surface area (Å²) in [6, 6.07) is 8.80. The summed E-state index contributed by atoms with van der Waals surface area (Å²) in [6.07, 6.45) is -4.75. The topological polar surface area (TPSA) is 46.2 Å². The van der Waals surface area contributed by atoms with E-state index in [0.717, 1.165) is 22.7 Å². The van der Waals surface area contributed by atoms with Crippen LogP contribution in [-0.2, 0) is 16.2 Å². The highest BCUT2D eigenvalue weighted by atomic mass is 79.9. The second kappa shape index (κ2) is 5.92. The molecule has 1 N–H and O–H groups in total. The van der Waals surface area contributed by atoms with Gasteiger partial charge in [-0.25, -0.2) is 8.42 Å². The molecule has 0 aliphatic carbocycles. The maximum absolute atomic E-state index is 13.0. The number of hydrogen-bond donors (Lipinski definition) is 1. The molecule has 0 fully saturated rings. The number of alkyl halides is 3. The lowest BCUT2D eigenvalue weighted by molar-refractivity contribution is -0.139. The first-order chi connectivity index (χ1) is 10.1. The summed E-state index contributed by atoms with van der Waals surface area (Å²) in [7, 11) is -4.35. The van der Waals surface area contributed by atoms with E-state index in [1.165, 1.54) is 12.1 Å². The van der Waals surface area contributed by atoms with Gasteiger partial charge in [0.2, 0.25) is 0 Å². The third-order valence-corrected chi connectivity index (χ3v) is 4.83. The van der Waals surface area contributed by atoms with Crippen molar-refractivity contribution >= 4 is 31.6 Å². The van der Waals surface area contributed by atoms with E-state index in [1.807, 2.05) is 0 Å². The number of rotatable bonds is 3. The van der Waals surface area contributed by atoms with Crippen LogP contribution in [0.1, 0.15) is 11.1 Å². The monoisotopic (exact) mass is 393 g/mol. The molecule has 0 aliphatic heterocycles. The van der Waals surface area contributed by atoms with E-state index in [4.69, 9.17) is 0 Å². The molecule has 0 spiro atoms. The summed E-state index contributed by atoms with van der Waals surface area (Å²) in [4.78, 5) is -0.801. The van der Waals surface area contributed by atoms with E-state index in [-0.39, 0.29) is 5.69 Å². The van der Waals surface area contributed by atoms with Crippen LogP contribution in [0.2, 0.25) is 0 Å². The van der Waals surface area contributed by atoms with Gasteiger partial charge in [-0.1, -0.05) is 28.1 Å². The van der Waals surface area contributed by atoms with Crippen LogP contribution >= 0.6 is 15.9 Å². The number of aryl methyl sites for hydroxylation is 1. The predicted octanol–water partition coefficient (Wildman–Crippen LogP) is 4.58. The van der Waals surface area contributed by atoms with Gasteiger partial charge in [0.15, 0.2) is 0 Å². The maximum atomic E-state index is 13.0. The Labute approximate surface area is 134 Å². The molecule has 2 rings (SSSR count). The van der Waals surface area contributed by atoms with Gasteiger partial charge in [0.05, 0.1) is 16.1 Å². The Morgan fingerprint density at radius 3 is 2.32 bits per heavy atom. The summed E-state index contributed by atoms with van der Waals surface area (Å²) >= 11 is 3.23. The molecule has 0 heterocycles. The summed E-state index contributed by atoms with van der Waals surface area (Å²) in [5.74, 6) is 0. The van der Waals surface area contributed by atoms with Crippen molar-refractivity contribution in [3.8, 4) is 0 Å². The fourth-order valence-corrected chi connectivity index (χ4v) is 3.71. The average Bonchev–Trinajstić information content (AvgIpc) is 2.41. The predicted molar refractivity (Wildman–Crippen MR) is 81.1 cm³/mol. The molecule has 0 atom stereocenters. The highest BCUT2D eigenvalue weighted by Gasteiger charge is 2.36. The first-order valence-electron chi connectivity index (χ1n) is 6.06. The van der Waals surface area contributed by atoms with Crippen LogP contribution in [0.3, 0.4) is 0 Å². The molecule has 0 bridgehead atoms. The van der Waals surface area contributed by atoms with Crippen molar-refractivity contribution in [3.63, 3.8) is 0 Å². The van der Waals surface area contributed by atoms with Crippen molar-refractivity contribution in [1.29, 1.82) is 0 Å². The lowest BCUT2D eigenvalue weighted by Gasteiger charge is -2.15. The van der Waals surface area contributed by atoms with Crippen molar-refractivity contribution in [1.82, 2.24) is 0 Å². The van der Waals surface area contributed by atoms with Gasteiger partial charge in [0.25, 0.3) is 10.0 Å². The third kappa shape index (κ3) is 3.61. The van der Waals surface area contributed by atoms with Gasteiger partial charge in [0.1, 0.15) is 0 Å². The molecular weight excluding hydrogens is 383 g/mol. The van der Waals surface area contributed by atoms with Crippen LogP contribution in [0, 0.1) is 6.92 Å². The van der Waals surface area contributed by atoms with E-state index >= 15 is 0 Å². The van der Waals surface area contributed by atoms with E-state index in [2.05, 4.69) is 20.7 Å². The molecule has 0 unspecified atom stereocenters. The van der Waals surface area contributed by atoms with Gasteiger partial charge in [-0.3, -0.25) is 4.72 Å². The molecule has 0 radical (unpaired) electrons. The van der Waals surface area contributed by atoms with Gasteiger partial charge in [-0.2, -0.15) is 13.2 Å². The highest BCUT2D eigenvalue weighted by molar-refractivity contribution is 9.10. The quantitative estimate of drug-likeness (QED) is 0.829.